The highest BCUT2D eigenvalue weighted by molar-refractivity contribution is 5.68. The minimum Gasteiger partial charge on any atom is -0.442 e. The molecule has 0 aromatic carbocycles. The molecule has 6 nitrogen and oxygen atoms in total. The second-order valence-electron chi connectivity index (χ2n) is 8.47. The van der Waals surface area contributed by atoms with Gasteiger partial charge in [-0.15, -0.1) is 0 Å². The first-order chi connectivity index (χ1) is 11.0. The lowest BCUT2D eigenvalue weighted by Gasteiger charge is -2.31. The van der Waals surface area contributed by atoms with Gasteiger partial charge in [0, 0.05) is 18.4 Å². The Labute approximate surface area is 144 Å². The zero-order chi connectivity index (χ0) is 18.0. The van der Waals surface area contributed by atoms with E-state index >= 15 is 0 Å². The van der Waals surface area contributed by atoms with Gasteiger partial charge in [0.05, 0.1) is 23.9 Å². The Bertz CT molecular complexity index is 463. The maximum Gasteiger partial charge on any atom is 0.408 e. The third-order valence-corrected chi connectivity index (χ3v) is 3.69. The fourth-order valence-corrected chi connectivity index (χ4v) is 2.83. The summed E-state index contributed by atoms with van der Waals surface area (Å²) in [4.78, 5) is 12.1. The molecule has 2 rings (SSSR count). The molecule has 1 saturated heterocycles. The summed E-state index contributed by atoms with van der Waals surface area (Å²) in [5.41, 5.74) is -0.598. The van der Waals surface area contributed by atoms with Crippen molar-refractivity contribution in [2.24, 2.45) is 0 Å². The summed E-state index contributed by atoms with van der Waals surface area (Å²) in [7, 11) is 0. The van der Waals surface area contributed by atoms with Gasteiger partial charge in [-0.25, -0.2) is 4.79 Å². The monoisotopic (exact) mass is 341 g/mol. The zero-order valence-electron chi connectivity index (χ0n) is 15.6. The van der Waals surface area contributed by atoms with Gasteiger partial charge in [0.25, 0.3) is 0 Å². The van der Waals surface area contributed by atoms with Crippen LogP contribution in [-0.4, -0.2) is 48.4 Å². The number of amides is 1. The Morgan fingerprint density at radius 3 is 2.08 bits per heavy atom. The molecule has 1 aliphatic carbocycles. The molecule has 0 radical (unpaired) electrons. The van der Waals surface area contributed by atoms with Gasteiger partial charge in [-0.1, -0.05) is 6.08 Å². The maximum absolute atomic E-state index is 12.1. The van der Waals surface area contributed by atoms with Gasteiger partial charge >= 0.3 is 6.09 Å². The molecule has 24 heavy (non-hydrogen) atoms. The number of rotatable bonds is 2. The number of carbonyl (C=O) groups excluding carboxylic acids is 1. The molecule has 6 heteroatoms. The van der Waals surface area contributed by atoms with Crippen molar-refractivity contribution in [2.45, 2.75) is 89.9 Å². The highest BCUT2D eigenvalue weighted by Crippen LogP contribution is 2.28. The second kappa shape index (κ2) is 7.42. The maximum atomic E-state index is 12.1. The van der Waals surface area contributed by atoms with Crippen molar-refractivity contribution in [2.75, 3.05) is 6.79 Å². The molecule has 0 bridgehead atoms. The summed E-state index contributed by atoms with van der Waals surface area (Å²) in [6, 6.07) is 0. The van der Waals surface area contributed by atoms with Gasteiger partial charge in [0.15, 0.2) is 0 Å². The van der Waals surface area contributed by atoms with Crippen LogP contribution < -0.4 is 5.32 Å². The van der Waals surface area contributed by atoms with E-state index in [4.69, 9.17) is 18.9 Å². The van der Waals surface area contributed by atoms with Crippen molar-refractivity contribution in [3.8, 4) is 0 Å². The highest BCUT2D eigenvalue weighted by Gasteiger charge is 2.36. The lowest BCUT2D eigenvalue weighted by atomic mass is 9.96. The normalized spacial score (nSPS) is 32.4. The Kier molecular flexibility index (Phi) is 5.94. The first-order valence-electron chi connectivity index (χ1n) is 8.60. The minimum atomic E-state index is -0.429. The highest BCUT2D eigenvalue weighted by atomic mass is 16.7. The van der Waals surface area contributed by atoms with Crippen LogP contribution in [0.1, 0.15) is 54.4 Å². The Morgan fingerprint density at radius 1 is 1.00 bits per heavy atom. The smallest absolute Gasteiger partial charge is 0.408 e. The summed E-state index contributed by atoms with van der Waals surface area (Å²) in [5.74, 6) is 0. The Morgan fingerprint density at radius 2 is 1.54 bits per heavy atom. The third-order valence-electron chi connectivity index (χ3n) is 3.69. The fourth-order valence-electron chi connectivity index (χ4n) is 2.83. The van der Waals surface area contributed by atoms with Crippen LogP contribution in [0.2, 0.25) is 0 Å². The predicted octanol–water partition coefficient (Wildman–Crippen LogP) is 3.15. The Hall–Kier alpha value is -1.11. The summed E-state index contributed by atoms with van der Waals surface area (Å²) >= 11 is 0. The van der Waals surface area contributed by atoms with E-state index in [0.717, 1.165) is 6.42 Å². The molecule has 0 saturated carbocycles. The molecule has 0 aromatic heterocycles. The lowest BCUT2D eigenvalue weighted by molar-refractivity contribution is -0.0615. The van der Waals surface area contributed by atoms with Crippen LogP contribution in [-0.2, 0) is 18.9 Å². The summed E-state index contributed by atoms with van der Waals surface area (Å²) in [6.45, 7) is 12.1. The third kappa shape index (κ3) is 6.42. The molecule has 1 N–H and O–H groups in total. The molecule has 1 aliphatic heterocycles. The molecule has 2 aliphatic rings. The van der Waals surface area contributed by atoms with Crippen molar-refractivity contribution in [1.29, 1.82) is 0 Å². The number of alkyl carbamates (subject to hydrolysis) is 1. The summed E-state index contributed by atoms with van der Waals surface area (Å²) in [5, 5.41) is 2.81. The van der Waals surface area contributed by atoms with E-state index in [1.54, 1.807) is 0 Å². The number of ether oxygens (including phenoxy) is 4. The number of nitrogens with one attached hydrogen (secondary N) is 1. The molecule has 138 valence electrons. The van der Waals surface area contributed by atoms with Gasteiger partial charge in [-0.2, -0.15) is 0 Å². The van der Waals surface area contributed by atoms with E-state index in [1.165, 1.54) is 0 Å². The van der Waals surface area contributed by atoms with E-state index in [1.807, 2.05) is 53.7 Å². The first-order valence-corrected chi connectivity index (χ1v) is 8.60. The zero-order valence-corrected chi connectivity index (χ0v) is 15.6. The standard InChI is InChI=1S/C18H31NO5/c1-17(2,3)19-16(20)23-12-7-8-13(24-18(4,5)6)10-15-14(9-12)21-11-22-15/h7-8,12-15H,9-11H2,1-6H3,(H,19,20)/b8-7+. The van der Waals surface area contributed by atoms with E-state index in [-0.39, 0.29) is 42.3 Å². The van der Waals surface area contributed by atoms with Crippen LogP contribution in [0.4, 0.5) is 4.79 Å². The number of carbonyl (C=O) groups is 1. The minimum absolute atomic E-state index is 0.0425. The van der Waals surface area contributed by atoms with Crippen molar-refractivity contribution < 1.29 is 23.7 Å². The Balaban J connectivity index is 2.06. The van der Waals surface area contributed by atoms with Crippen LogP contribution in [0.3, 0.4) is 0 Å². The number of hydrogen-bond acceptors (Lipinski definition) is 5. The lowest BCUT2D eigenvalue weighted by Crippen LogP contribution is -2.43. The van der Waals surface area contributed by atoms with E-state index in [2.05, 4.69) is 5.32 Å². The topological polar surface area (TPSA) is 66.0 Å². The molecule has 0 spiro atoms. The summed E-state index contributed by atoms with van der Waals surface area (Å²) < 4.78 is 23.0. The van der Waals surface area contributed by atoms with Crippen molar-refractivity contribution in [1.82, 2.24) is 5.32 Å². The van der Waals surface area contributed by atoms with Crippen LogP contribution >= 0.6 is 0 Å². The van der Waals surface area contributed by atoms with Gasteiger partial charge in [0.1, 0.15) is 12.9 Å². The van der Waals surface area contributed by atoms with Gasteiger partial charge in [0.2, 0.25) is 0 Å². The van der Waals surface area contributed by atoms with Crippen LogP contribution in [0, 0.1) is 0 Å². The fraction of sp³-hybridized carbons (Fsp3) is 0.833. The largest absolute Gasteiger partial charge is 0.442 e. The van der Waals surface area contributed by atoms with Crippen LogP contribution in [0.15, 0.2) is 12.2 Å². The predicted molar refractivity (Wildman–Crippen MR) is 90.8 cm³/mol. The molecule has 0 aromatic rings. The van der Waals surface area contributed by atoms with Gasteiger partial charge in [-0.3, -0.25) is 0 Å². The van der Waals surface area contributed by atoms with Crippen molar-refractivity contribution in [3.05, 3.63) is 12.2 Å². The molecular formula is C18H31NO5. The first kappa shape index (κ1) is 19.2. The number of fused-ring (bicyclic) bond motifs is 1. The van der Waals surface area contributed by atoms with Crippen molar-refractivity contribution >= 4 is 6.09 Å². The average molecular weight is 341 g/mol. The molecule has 1 amide bonds. The molecular weight excluding hydrogens is 310 g/mol. The van der Waals surface area contributed by atoms with E-state index in [0.29, 0.717) is 6.42 Å². The molecule has 4 atom stereocenters. The quantitative estimate of drug-likeness (QED) is 0.782. The summed E-state index contributed by atoms with van der Waals surface area (Å²) in [6.07, 6.45) is 4.16. The molecule has 1 heterocycles. The second-order valence-corrected chi connectivity index (χ2v) is 8.47. The van der Waals surface area contributed by atoms with E-state index in [9.17, 15) is 4.79 Å². The van der Waals surface area contributed by atoms with E-state index < -0.39 is 6.09 Å². The molecule has 4 unspecified atom stereocenters. The molecule has 1 fully saturated rings. The van der Waals surface area contributed by atoms with Crippen LogP contribution in [0.25, 0.3) is 0 Å². The van der Waals surface area contributed by atoms with Gasteiger partial charge < -0.3 is 24.3 Å². The van der Waals surface area contributed by atoms with Gasteiger partial charge in [-0.05, 0) is 47.6 Å². The number of hydrogen-bond donors (Lipinski definition) is 1. The van der Waals surface area contributed by atoms with Crippen LogP contribution in [0.5, 0.6) is 0 Å². The van der Waals surface area contributed by atoms with Crippen molar-refractivity contribution in [3.63, 3.8) is 0 Å². The average Bonchev–Trinajstić information content (AvgIpc) is 2.76. The SMILES string of the molecule is CC(C)(C)NC(=O)OC1/C=C/C(OC(C)(C)C)CC2OCOC2C1.